The number of allylic oxidation sites excluding steroid dienone is 3. The normalized spacial score (nSPS) is 15.6. The van der Waals surface area contributed by atoms with Crippen molar-refractivity contribution in [1.29, 1.82) is 0 Å². The van der Waals surface area contributed by atoms with E-state index in [-0.39, 0.29) is 6.42 Å². The smallest absolute Gasteiger partial charge is 0.170 e. The van der Waals surface area contributed by atoms with Crippen molar-refractivity contribution in [3.63, 3.8) is 0 Å². The molecule has 0 aromatic heterocycles. The van der Waals surface area contributed by atoms with Gasteiger partial charge in [-0.3, -0.25) is 0 Å². The maximum absolute atomic E-state index is 12.2. The van der Waals surface area contributed by atoms with Gasteiger partial charge in [0.05, 0.1) is 5.92 Å². The van der Waals surface area contributed by atoms with Crippen molar-refractivity contribution in [2.24, 2.45) is 5.92 Å². The van der Waals surface area contributed by atoms with E-state index in [1.54, 1.807) is 6.92 Å². The van der Waals surface area contributed by atoms with Crippen molar-refractivity contribution in [2.75, 3.05) is 0 Å². The van der Waals surface area contributed by atoms with Crippen molar-refractivity contribution >= 4 is 0 Å². The molecule has 0 aliphatic heterocycles. The maximum Gasteiger partial charge on any atom is 0.395 e. The molecule has 76 valence electrons. The van der Waals surface area contributed by atoms with Gasteiger partial charge in [0.25, 0.3) is 0 Å². The summed E-state index contributed by atoms with van der Waals surface area (Å²) in [4.78, 5) is 0. The largest absolute Gasteiger partial charge is 0.395 e. The fourth-order valence-electron chi connectivity index (χ4n) is 1.11. The third-order valence-electron chi connectivity index (χ3n) is 1.80. The summed E-state index contributed by atoms with van der Waals surface area (Å²) >= 11 is 0. The van der Waals surface area contributed by atoms with Gasteiger partial charge in [-0.05, 0) is 19.8 Å². The molecule has 0 aliphatic rings. The lowest BCUT2D eigenvalue weighted by molar-refractivity contribution is -0.160. The molecule has 1 atom stereocenters. The quantitative estimate of drug-likeness (QED) is 0.588. The predicted molar refractivity (Wildman–Crippen MR) is 48.4 cm³/mol. The van der Waals surface area contributed by atoms with Gasteiger partial charge < -0.3 is 0 Å². The van der Waals surface area contributed by atoms with E-state index in [2.05, 4.69) is 6.58 Å². The Labute approximate surface area is 77.1 Å². The molecular weight excluding hydrogens is 177 g/mol. The van der Waals surface area contributed by atoms with Gasteiger partial charge in [-0.15, -0.1) is 6.58 Å². The van der Waals surface area contributed by atoms with E-state index in [1.807, 2.05) is 13.0 Å². The van der Waals surface area contributed by atoms with Gasteiger partial charge in [0.1, 0.15) is 0 Å². The molecule has 0 spiro atoms. The van der Waals surface area contributed by atoms with Crippen LogP contribution in [0.3, 0.4) is 0 Å². The van der Waals surface area contributed by atoms with Crippen molar-refractivity contribution in [3.05, 3.63) is 24.3 Å². The first kappa shape index (κ1) is 12.3. The topological polar surface area (TPSA) is 0 Å². The van der Waals surface area contributed by atoms with Crippen LogP contribution in [0.15, 0.2) is 24.3 Å². The van der Waals surface area contributed by atoms with Crippen LogP contribution in [0.4, 0.5) is 13.2 Å². The second kappa shape index (κ2) is 5.10. The van der Waals surface area contributed by atoms with Crippen molar-refractivity contribution < 1.29 is 13.2 Å². The van der Waals surface area contributed by atoms with Crippen LogP contribution in [0.5, 0.6) is 0 Å². The van der Waals surface area contributed by atoms with Crippen LogP contribution in [0.1, 0.15) is 26.7 Å². The van der Waals surface area contributed by atoms with Gasteiger partial charge in [0, 0.05) is 0 Å². The lowest BCUT2D eigenvalue weighted by Gasteiger charge is -2.16. The highest BCUT2D eigenvalue weighted by Crippen LogP contribution is 2.31. The summed E-state index contributed by atoms with van der Waals surface area (Å²) in [7, 11) is 0. The van der Waals surface area contributed by atoms with Crippen LogP contribution in [-0.2, 0) is 0 Å². The minimum atomic E-state index is -4.16. The summed E-state index contributed by atoms with van der Waals surface area (Å²) in [5.41, 5.74) is 0.768. The monoisotopic (exact) mass is 192 g/mol. The van der Waals surface area contributed by atoms with E-state index in [4.69, 9.17) is 0 Å². The zero-order chi connectivity index (χ0) is 10.5. The first-order valence-corrected chi connectivity index (χ1v) is 4.26. The van der Waals surface area contributed by atoms with Crippen molar-refractivity contribution in [2.45, 2.75) is 32.9 Å². The minimum Gasteiger partial charge on any atom is -0.170 e. The molecule has 0 amide bonds. The van der Waals surface area contributed by atoms with Gasteiger partial charge in [-0.25, -0.2) is 0 Å². The van der Waals surface area contributed by atoms with Crippen molar-refractivity contribution in [1.82, 2.24) is 0 Å². The third-order valence-corrected chi connectivity index (χ3v) is 1.80. The first-order valence-electron chi connectivity index (χ1n) is 4.26. The Hall–Kier alpha value is -0.730. The highest BCUT2D eigenvalue weighted by molar-refractivity contribution is 5.03. The van der Waals surface area contributed by atoms with E-state index >= 15 is 0 Å². The maximum atomic E-state index is 12.2. The molecule has 0 saturated heterocycles. The molecule has 0 heterocycles. The van der Waals surface area contributed by atoms with Crippen LogP contribution in [0.25, 0.3) is 0 Å². The molecule has 0 nitrogen and oxygen atoms in total. The van der Waals surface area contributed by atoms with Gasteiger partial charge in [0.15, 0.2) is 0 Å². The highest BCUT2D eigenvalue weighted by Gasteiger charge is 2.36. The van der Waals surface area contributed by atoms with Crippen molar-refractivity contribution in [3.8, 4) is 0 Å². The molecule has 0 saturated carbocycles. The summed E-state index contributed by atoms with van der Waals surface area (Å²) in [6.45, 7) is 6.81. The Kier molecular flexibility index (Phi) is 4.81. The molecule has 0 aromatic carbocycles. The summed E-state index contributed by atoms with van der Waals surface area (Å²) < 4.78 is 36.7. The Morgan fingerprint density at radius 1 is 1.46 bits per heavy atom. The molecule has 0 N–H and O–H groups in total. The SMILES string of the molecule is C=CC(C/C(C)=C\CC)C(F)(F)F. The van der Waals surface area contributed by atoms with Gasteiger partial charge in [0.2, 0.25) is 0 Å². The van der Waals surface area contributed by atoms with Crippen LogP contribution in [0, 0.1) is 5.92 Å². The summed E-state index contributed by atoms with van der Waals surface area (Å²) in [6, 6.07) is 0. The fourth-order valence-corrected chi connectivity index (χ4v) is 1.11. The molecular formula is C10H15F3. The van der Waals surface area contributed by atoms with E-state index in [9.17, 15) is 13.2 Å². The van der Waals surface area contributed by atoms with Crippen LogP contribution < -0.4 is 0 Å². The fraction of sp³-hybridized carbons (Fsp3) is 0.600. The van der Waals surface area contributed by atoms with Crippen LogP contribution in [-0.4, -0.2) is 6.18 Å². The molecule has 0 bridgehead atoms. The number of halogens is 3. The minimum absolute atomic E-state index is 0.0286. The Morgan fingerprint density at radius 3 is 2.31 bits per heavy atom. The Bertz CT molecular complexity index is 189. The van der Waals surface area contributed by atoms with Crippen LogP contribution in [0.2, 0.25) is 0 Å². The zero-order valence-electron chi connectivity index (χ0n) is 7.99. The molecule has 13 heavy (non-hydrogen) atoms. The number of alkyl halides is 3. The second-order valence-electron chi connectivity index (χ2n) is 3.05. The second-order valence-corrected chi connectivity index (χ2v) is 3.05. The standard InChI is InChI=1S/C10H15F3/c1-4-6-8(3)7-9(5-2)10(11,12)13/h5-6,9H,2,4,7H2,1,3H3/b8-6-. The van der Waals surface area contributed by atoms with E-state index in [1.165, 1.54) is 0 Å². The number of hydrogen-bond acceptors (Lipinski definition) is 0. The molecule has 1 unspecified atom stereocenters. The lowest BCUT2D eigenvalue weighted by atomic mass is 9.99. The molecule has 0 radical (unpaired) electrons. The highest BCUT2D eigenvalue weighted by atomic mass is 19.4. The number of hydrogen-bond donors (Lipinski definition) is 0. The van der Waals surface area contributed by atoms with Gasteiger partial charge in [-0.1, -0.05) is 24.6 Å². The zero-order valence-corrected chi connectivity index (χ0v) is 7.99. The average molecular weight is 192 g/mol. The summed E-state index contributed by atoms with van der Waals surface area (Å²) in [5.74, 6) is -1.41. The first-order chi connectivity index (χ1) is 5.91. The van der Waals surface area contributed by atoms with Crippen LogP contribution >= 0.6 is 0 Å². The number of rotatable bonds is 4. The van der Waals surface area contributed by atoms with E-state index < -0.39 is 12.1 Å². The third kappa shape index (κ3) is 4.76. The summed E-state index contributed by atoms with van der Waals surface area (Å²) in [5, 5.41) is 0. The van der Waals surface area contributed by atoms with E-state index in [0.717, 1.165) is 18.1 Å². The molecule has 0 rings (SSSR count). The average Bonchev–Trinajstić information content (AvgIpc) is 1.98. The Balaban J connectivity index is 4.30. The predicted octanol–water partition coefficient (Wildman–Crippen LogP) is 4.10. The van der Waals surface area contributed by atoms with Gasteiger partial charge in [-0.2, -0.15) is 13.2 Å². The molecule has 3 heteroatoms. The van der Waals surface area contributed by atoms with Gasteiger partial charge >= 0.3 is 6.18 Å². The molecule has 0 aromatic rings. The lowest BCUT2D eigenvalue weighted by Crippen LogP contribution is -2.20. The summed E-state index contributed by atoms with van der Waals surface area (Å²) in [6.07, 6.45) is -0.589. The Morgan fingerprint density at radius 2 is 2.00 bits per heavy atom. The van der Waals surface area contributed by atoms with E-state index in [0.29, 0.717) is 0 Å². The molecule has 0 aliphatic carbocycles. The molecule has 0 fully saturated rings.